The highest BCUT2D eigenvalue weighted by Crippen LogP contribution is 2.24. The molecule has 0 spiro atoms. The first-order valence-electron chi connectivity index (χ1n) is 6.11. The lowest BCUT2D eigenvalue weighted by Gasteiger charge is -2.06. The lowest BCUT2D eigenvalue weighted by molar-refractivity contribution is 0.318. The van der Waals surface area contributed by atoms with Crippen LogP contribution in [0, 0.1) is 18.2 Å². The van der Waals surface area contributed by atoms with Crippen molar-refractivity contribution in [2.24, 2.45) is 0 Å². The van der Waals surface area contributed by atoms with Crippen LogP contribution in [-0.2, 0) is 0 Å². The summed E-state index contributed by atoms with van der Waals surface area (Å²) < 4.78 is 13.5. The van der Waals surface area contributed by atoms with E-state index in [4.69, 9.17) is 10.5 Å². The Hall–Kier alpha value is -2.00. The van der Waals surface area contributed by atoms with Crippen LogP contribution in [0.2, 0.25) is 0 Å². The standard InChI is InChI=1S/C14H12FN.C2H6O/c1-10-4-2-3-5-13(10)11-6-7-12(9-16)14(15)8-11;1-2-3/h2-9,16H,1H3;3H,2H2,1H3. The van der Waals surface area contributed by atoms with Gasteiger partial charge in [-0.2, -0.15) is 0 Å². The third-order valence-corrected chi connectivity index (χ3v) is 2.61. The Balaban J connectivity index is 0.000000550. The molecule has 19 heavy (non-hydrogen) atoms. The highest BCUT2D eigenvalue weighted by atomic mass is 19.1. The van der Waals surface area contributed by atoms with E-state index in [-0.39, 0.29) is 12.4 Å². The van der Waals surface area contributed by atoms with E-state index in [0.717, 1.165) is 22.9 Å². The summed E-state index contributed by atoms with van der Waals surface area (Å²) in [5, 5.41) is 14.6. The normalized spacial score (nSPS) is 9.47. The van der Waals surface area contributed by atoms with E-state index in [1.54, 1.807) is 13.0 Å². The van der Waals surface area contributed by atoms with E-state index < -0.39 is 0 Å². The van der Waals surface area contributed by atoms with Gasteiger partial charge in [-0.25, -0.2) is 4.39 Å². The van der Waals surface area contributed by atoms with Crippen LogP contribution in [0.5, 0.6) is 0 Å². The first-order chi connectivity index (χ1) is 9.13. The molecule has 2 nitrogen and oxygen atoms in total. The van der Waals surface area contributed by atoms with Gasteiger partial charge in [-0.15, -0.1) is 0 Å². The van der Waals surface area contributed by atoms with Gasteiger partial charge in [0.2, 0.25) is 0 Å². The van der Waals surface area contributed by atoms with Gasteiger partial charge in [-0.3, -0.25) is 0 Å². The molecule has 2 aromatic carbocycles. The van der Waals surface area contributed by atoms with Crippen molar-refractivity contribution in [3.8, 4) is 11.1 Å². The molecule has 0 aliphatic heterocycles. The summed E-state index contributed by atoms with van der Waals surface area (Å²) >= 11 is 0. The highest BCUT2D eigenvalue weighted by molar-refractivity contribution is 5.79. The van der Waals surface area contributed by atoms with E-state index in [0.29, 0.717) is 5.56 Å². The van der Waals surface area contributed by atoms with Crippen LogP contribution in [0.4, 0.5) is 4.39 Å². The van der Waals surface area contributed by atoms with Gasteiger partial charge in [0.05, 0.1) is 0 Å². The molecule has 2 N–H and O–H groups in total. The van der Waals surface area contributed by atoms with E-state index in [9.17, 15) is 4.39 Å². The molecule has 0 saturated heterocycles. The van der Waals surface area contributed by atoms with Crippen molar-refractivity contribution in [3.05, 3.63) is 59.4 Å². The molecule has 3 heteroatoms. The molecule has 0 bridgehead atoms. The number of aliphatic hydroxyl groups is 1. The first kappa shape index (κ1) is 15.1. The maximum absolute atomic E-state index is 13.5. The average Bonchev–Trinajstić information content (AvgIpc) is 2.40. The zero-order valence-corrected chi connectivity index (χ0v) is 11.2. The number of rotatable bonds is 2. The van der Waals surface area contributed by atoms with Crippen molar-refractivity contribution in [1.29, 1.82) is 5.41 Å². The molecule has 2 rings (SSSR count). The zero-order chi connectivity index (χ0) is 14.3. The van der Waals surface area contributed by atoms with Crippen molar-refractivity contribution in [2.45, 2.75) is 13.8 Å². The predicted octanol–water partition coefficient (Wildman–Crippen LogP) is 3.80. The van der Waals surface area contributed by atoms with Gasteiger partial charge in [0.15, 0.2) is 0 Å². The third kappa shape index (κ3) is 4.00. The number of hydrogen-bond donors (Lipinski definition) is 2. The molecule has 0 aliphatic rings. The molecule has 0 saturated carbocycles. The quantitative estimate of drug-likeness (QED) is 0.792. The van der Waals surface area contributed by atoms with Crippen molar-refractivity contribution in [3.63, 3.8) is 0 Å². The van der Waals surface area contributed by atoms with Gasteiger partial charge in [0.1, 0.15) is 5.82 Å². The maximum Gasteiger partial charge on any atom is 0.132 e. The molecule has 0 aliphatic carbocycles. The molecule has 0 amide bonds. The number of halogens is 1. The molecule has 0 unspecified atom stereocenters. The van der Waals surface area contributed by atoms with Gasteiger partial charge in [0.25, 0.3) is 0 Å². The monoisotopic (exact) mass is 259 g/mol. The largest absolute Gasteiger partial charge is 0.397 e. The molecule has 0 radical (unpaired) electrons. The van der Waals surface area contributed by atoms with Crippen LogP contribution in [0.25, 0.3) is 11.1 Å². The molecule has 2 aromatic rings. The second-order valence-electron chi connectivity index (χ2n) is 4.01. The van der Waals surface area contributed by atoms with Crippen LogP contribution in [0.3, 0.4) is 0 Å². The number of hydrogen-bond acceptors (Lipinski definition) is 2. The number of nitrogens with one attached hydrogen (secondary N) is 1. The van der Waals surface area contributed by atoms with Crippen molar-refractivity contribution < 1.29 is 9.50 Å². The molecule has 0 heterocycles. The Kier molecular flexibility index (Phi) is 5.90. The van der Waals surface area contributed by atoms with E-state index in [1.165, 1.54) is 6.07 Å². The fourth-order valence-corrected chi connectivity index (χ4v) is 1.71. The predicted molar refractivity (Wildman–Crippen MR) is 77.2 cm³/mol. The summed E-state index contributed by atoms with van der Waals surface area (Å²) in [7, 11) is 0. The zero-order valence-electron chi connectivity index (χ0n) is 11.2. The fraction of sp³-hybridized carbons (Fsp3) is 0.188. The summed E-state index contributed by atoms with van der Waals surface area (Å²) in [6.07, 6.45) is 1.02. The molecule has 100 valence electrons. The first-order valence-corrected chi connectivity index (χ1v) is 6.11. The minimum Gasteiger partial charge on any atom is -0.397 e. The lowest BCUT2D eigenvalue weighted by atomic mass is 9.99. The Morgan fingerprint density at radius 1 is 1.21 bits per heavy atom. The summed E-state index contributed by atoms with van der Waals surface area (Å²) in [5.74, 6) is -0.351. The molecule has 0 atom stereocenters. The van der Waals surface area contributed by atoms with Gasteiger partial charge in [0, 0.05) is 18.4 Å². The number of aliphatic hydroxyl groups excluding tert-OH is 1. The van der Waals surface area contributed by atoms with Crippen LogP contribution in [0.15, 0.2) is 42.5 Å². The van der Waals surface area contributed by atoms with Gasteiger partial charge >= 0.3 is 0 Å². The molecular formula is C16H18FNO. The second-order valence-corrected chi connectivity index (χ2v) is 4.01. The Labute approximate surface area is 113 Å². The smallest absolute Gasteiger partial charge is 0.132 e. The number of aryl methyl sites for hydroxylation is 1. The average molecular weight is 259 g/mol. The van der Waals surface area contributed by atoms with E-state index in [1.807, 2.05) is 37.3 Å². The van der Waals surface area contributed by atoms with Crippen LogP contribution in [-0.4, -0.2) is 17.9 Å². The maximum atomic E-state index is 13.5. The summed E-state index contributed by atoms with van der Waals surface area (Å²) in [5.41, 5.74) is 3.31. The van der Waals surface area contributed by atoms with Crippen LogP contribution < -0.4 is 0 Å². The van der Waals surface area contributed by atoms with Crippen molar-refractivity contribution in [1.82, 2.24) is 0 Å². The molecule has 0 fully saturated rings. The highest BCUT2D eigenvalue weighted by Gasteiger charge is 2.04. The Morgan fingerprint density at radius 3 is 2.37 bits per heavy atom. The second kappa shape index (κ2) is 7.44. The van der Waals surface area contributed by atoms with Gasteiger partial charge in [-0.1, -0.05) is 30.3 Å². The topological polar surface area (TPSA) is 44.1 Å². The fourth-order valence-electron chi connectivity index (χ4n) is 1.71. The summed E-state index contributed by atoms with van der Waals surface area (Å²) in [6.45, 7) is 3.93. The van der Waals surface area contributed by atoms with Crippen LogP contribution in [0.1, 0.15) is 18.1 Å². The van der Waals surface area contributed by atoms with Gasteiger partial charge < -0.3 is 10.5 Å². The van der Waals surface area contributed by atoms with Gasteiger partial charge in [-0.05, 0) is 42.7 Å². The van der Waals surface area contributed by atoms with E-state index >= 15 is 0 Å². The summed E-state index contributed by atoms with van der Waals surface area (Å²) in [6, 6.07) is 12.8. The minimum absolute atomic E-state index is 0.250. The lowest BCUT2D eigenvalue weighted by Crippen LogP contribution is -1.89. The SMILES string of the molecule is CCO.Cc1ccccc1-c1ccc(C=N)c(F)c1. The van der Waals surface area contributed by atoms with Crippen molar-refractivity contribution in [2.75, 3.05) is 6.61 Å². The van der Waals surface area contributed by atoms with E-state index in [2.05, 4.69) is 0 Å². The van der Waals surface area contributed by atoms with Crippen molar-refractivity contribution >= 4 is 6.21 Å². The van der Waals surface area contributed by atoms with Crippen LogP contribution >= 0.6 is 0 Å². The summed E-state index contributed by atoms with van der Waals surface area (Å²) in [4.78, 5) is 0. The molecular weight excluding hydrogens is 241 g/mol. The Morgan fingerprint density at radius 2 is 1.84 bits per heavy atom. The molecule has 0 aromatic heterocycles. The number of benzene rings is 2. The minimum atomic E-state index is -0.351. The third-order valence-electron chi connectivity index (χ3n) is 2.61. The Bertz CT molecular complexity index is 552.